The van der Waals surface area contributed by atoms with Crippen LogP contribution in [-0.4, -0.2) is 21.6 Å². The van der Waals surface area contributed by atoms with E-state index < -0.39 is 0 Å². The summed E-state index contributed by atoms with van der Waals surface area (Å²) >= 11 is 1.24. The molecule has 5 nitrogen and oxygen atoms in total. The normalized spacial score (nSPS) is 10.5. The van der Waals surface area contributed by atoms with Gasteiger partial charge in [0.2, 0.25) is 5.91 Å². The zero-order chi connectivity index (χ0) is 16.7. The Kier molecular flexibility index (Phi) is 6.40. The molecule has 0 spiro atoms. The van der Waals surface area contributed by atoms with Crippen LogP contribution >= 0.6 is 11.8 Å². The lowest BCUT2D eigenvalue weighted by Crippen LogP contribution is -2.16. The van der Waals surface area contributed by atoms with Crippen molar-refractivity contribution in [3.05, 3.63) is 51.9 Å². The molecule has 0 unspecified atom stereocenters. The Hall–Kier alpha value is -2.08. The molecule has 0 saturated heterocycles. The molecule has 2 N–H and O–H groups in total. The molecule has 1 aromatic carbocycles. The molecule has 0 radical (unpaired) electrons. The number of benzene rings is 1. The number of aromatic amines is 1. The molecule has 1 aromatic heterocycles. The van der Waals surface area contributed by atoms with E-state index in [2.05, 4.69) is 22.2 Å². The fourth-order valence-electron chi connectivity index (χ4n) is 2.07. The van der Waals surface area contributed by atoms with Gasteiger partial charge < -0.3 is 10.3 Å². The highest BCUT2D eigenvalue weighted by Gasteiger charge is 2.08. The number of amides is 1. The summed E-state index contributed by atoms with van der Waals surface area (Å²) in [4.78, 5) is 30.7. The summed E-state index contributed by atoms with van der Waals surface area (Å²) in [7, 11) is 0. The number of carbonyl (C=O) groups is 1. The van der Waals surface area contributed by atoms with Crippen LogP contribution in [0.15, 0.2) is 40.3 Å². The SMILES string of the molecule is CCCCc1cc(=O)[nH]c(SCC(=O)Nc2ccccc2C)n1. The van der Waals surface area contributed by atoms with Crippen LogP contribution in [0.3, 0.4) is 0 Å². The van der Waals surface area contributed by atoms with Crippen molar-refractivity contribution in [3.63, 3.8) is 0 Å². The van der Waals surface area contributed by atoms with Crippen LogP contribution in [0.1, 0.15) is 31.0 Å². The van der Waals surface area contributed by atoms with E-state index in [9.17, 15) is 9.59 Å². The van der Waals surface area contributed by atoms with Gasteiger partial charge in [0.1, 0.15) is 0 Å². The van der Waals surface area contributed by atoms with Crippen molar-refractivity contribution in [3.8, 4) is 0 Å². The largest absolute Gasteiger partial charge is 0.325 e. The highest BCUT2D eigenvalue weighted by atomic mass is 32.2. The molecule has 122 valence electrons. The summed E-state index contributed by atoms with van der Waals surface area (Å²) < 4.78 is 0. The minimum Gasteiger partial charge on any atom is -0.325 e. The molecule has 6 heteroatoms. The van der Waals surface area contributed by atoms with Gasteiger partial charge in [-0.15, -0.1) is 0 Å². The number of H-pyrrole nitrogens is 1. The number of nitrogens with one attached hydrogen (secondary N) is 2. The number of anilines is 1. The maximum absolute atomic E-state index is 12.0. The Bertz CT molecular complexity index is 728. The van der Waals surface area contributed by atoms with Crippen molar-refractivity contribution < 1.29 is 4.79 Å². The fraction of sp³-hybridized carbons (Fsp3) is 0.353. The van der Waals surface area contributed by atoms with Gasteiger partial charge >= 0.3 is 0 Å². The van der Waals surface area contributed by atoms with E-state index in [1.165, 1.54) is 17.8 Å². The topological polar surface area (TPSA) is 74.8 Å². The van der Waals surface area contributed by atoms with Crippen molar-refractivity contribution >= 4 is 23.4 Å². The summed E-state index contributed by atoms with van der Waals surface area (Å²) in [6.45, 7) is 4.04. The quantitative estimate of drug-likeness (QED) is 0.604. The number of aryl methyl sites for hydroxylation is 2. The van der Waals surface area contributed by atoms with E-state index in [4.69, 9.17) is 0 Å². The molecule has 0 aliphatic heterocycles. The molecule has 23 heavy (non-hydrogen) atoms. The Morgan fingerprint density at radius 3 is 2.87 bits per heavy atom. The third-order valence-electron chi connectivity index (χ3n) is 3.32. The lowest BCUT2D eigenvalue weighted by Gasteiger charge is -2.08. The lowest BCUT2D eigenvalue weighted by atomic mass is 10.2. The Balaban J connectivity index is 1.95. The van der Waals surface area contributed by atoms with Gasteiger partial charge in [-0.2, -0.15) is 0 Å². The van der Waals surface area contributed by atoms with Gasteiger partial charge in [-0.25, -0.2) is 4.98 Å². The third-order valence-corrected chi connectivity index (χ3v) is 4.19. The number of aromatic nitrogens is 2. The van der Waals surface area contributed by atoms with E-state index in [1.54, 1.807) is 0 Å². The standard InChI is InChI=1S/C17H21N3O2S/c1-3-4-8-13-10-15(21)20-17(18-13)23-11-16(22)19-14-9-6-5-7-12(14)2/h5-7,9-10H,3-4,8,11H2,1-2H3,(H,19,22)(H,18,20,21). The third kappa shape index (κ3) is 5.56. The van der Waals surface area contributed by atoms with E-state index in [0.717, 1.165) is 36.2 Å². The molecule has 0 aliphatic rings. The van der Waals surface area contributed by atoms with Gasteiger partial charge in [-0.3, -0.25) is 9.59 Å². The summed E-state index contributed by atoms with van der Waals surface area (Å²) in [5.41, 5.74) is 2.42. The van der Waals surface area contributed by atoms with E-state index in [-0.39, 0.29) is 17.2 Å². The lowest BCUT2D eigenvalue weighted by molar-refractivity contribution is -0.113. The Morgan fingerprint density at radius 2 is 2.13 bits per heavy atom. The van der Waals surface area contributed by atoms with Crippen molar-refractivity contribution in [2.75, 3.05) is 11.1 Å². The number of hydrogen-bond donors (Lipinski definition) is 2. The smallest absolute Gasteiger partial charge is 0.251 e. The molecule has 0 atom stereocenters. The molecule has 0 saturated carbocycles. The second-order valence-electron chi connectivity index (χ2n) is 5.30. The van der Waals surface area contributed by atoms with Gasteiger partial charge in [-0.05, 0) is 31.4 Å². The molecule has 2 aromatic rings. The summed E-state index contributed by atoms with van der Waals surface area (Å²) in [5.74, 6) is 0.0834. The number of rotatable bonds is 7. The highest BCUT2D eigenvalue weighted by Crippen LogP contribution is 2.16. The molecule has 1 amide bonds. The summed E-state index contributed by atoms with van der Waals surface area (Å²) in [6.07, 6.45) is 2.83. The van der Waals surface area contributed by atoms with Crippen LogP contribution in [0.5, 0.6) is 0 Å². The van der Waals surface area contributed by atoms with Crippen molar-refractivity contribution in [1.82, 2.24) is 9.97 Å². The monoisotopic (exact) mass is 331 g/mol. The van der Waals surface area contributed by atoms with Crippen molar-refractivity contribution in [1.29, 1.82) is 0 Å². The zero-order valence-corrected chi connectivity index (χ0v) is 14.2. The first kappa shape index (κ1) is 17.3. The van der Waals surface area contributed by atoms with Crippen LogP contribution in [0.2, 0.25) is 0 Å². The zero-order valence-electron chi connectivity index (χ0n) is 13.4. The number of hydrogen-bond acceptors (Lipinski definition) is 4. The molecule has 1 heterocycles. The minimum absolute atomic E-state index is 0.120. The fourth-order valence-corrected chi connectivity index (χ4v) is 2.77. The molecular formula is C17H21N3O2S. The average Bonchev–Trinajstić information content (AvgIpc) is 2.53. The Morgan fingerprint density at radius 1 is 1.35 bits per heavy atom. The van der Waals surface area contributed by atoms with Crippen molar-refractivity contribution in [2.24, 2.45) is 0 Å². The molecular weight excluding hydrogens is 310 g/mol. The van der Waals surface area contributed by atoms with Gasteiger partial charge in [0.05, 0.1) is 5.75 Å². The second-order valence-corrected chi connectivity index (χ2v) is 6.26. The first-order chi connectivity index (χ1) is 11.1. The van der Waals surface area contributed by atoms with Gasteiger partial charge in [0.15, 0.2) is 5.16 Å². The average molecular weight is 331 g/mol. The number of para-hydroxylation sites is 1. The molecule has 0 bridgehead atoms. The predicted octanol–water partition coefficient (Wildman–Crippen LogP) is 3.15. The van der Waals surface area contributed by atoms with Gasteiger partial charge in [0.25, 0.3) is 5.56 Å². The maximum atomic E-state index is 12.0. The van der Waals surface area contributed by atoms with E-state index >= 15 is 0 Å². The summed E-state index contributed by atoms with van der Waals surface area (Å²) in [5, 5.41) is 3.35. The molecule has 0 fully saturated rings. The minimum atomic E-state index is -0.173. The Labute approximate surface area is 139 Å². The number of nitrogens with zero attached hydrogens (tertiary/aromatic N) is 1. The van der Waals surface area contributed by atoms with Crippen LogP contribution in [0.25, 0.3) is 0 Å². The maximum Gasteiger partial charge on any atom is 0.251 e. The summed E-state index contributed by atoms with van der Waals surface area (Å²) in [6, 6.07) is 9.14. The first-order valence-electron chi connectivity index (χ1n) is 7.67. The second kappa shape index (κ2) is 8.53. The highest BCUT2D eigenvalue weighted by molar-refractivity contribution is 7.99. The van der Waals surface area contributed by atoms with Crippen LogP contribution < -0.4 is 10.9 Å². The van der Waals surface area contributed by atoms with Gasteiger partial charge in [-0.1, -0.05) is 43.3 Å². The van der Waals surface area contributed by atoms with Gasteiger partial charge in [0, 0.05) is 17.4 Å². The van der Waals surface area contributed by atoms with Crippen LogP contribution in [0, 0.1) is 6.92 Å². The predicted molar refractivity (Wildman–Crippen MR) is 94.0 cm³/mol. The number of carbonyl (C=O) groups excluding carboxylic acids is 1. The van der Waals surface area contributed by atoms with E-state index in [0.29, 0.717) is 5.16 Å². The van der Waals surface area contributed by atoms with Crippen molar-refractivity contribution in [2.45, 2.75) is 38.3 Å². The van der Waals surface area contributed by atoms with Crippen LogP contribution in [0.4, 0.5) is 5.69 Å². The number of unbranched alkanes of at least 4 members (excludes halogenated alkanes) is 1. The first-order valence-corrected chi connectivity index (χ1v) is 8.65. The van der Waals surface area contributed by atoms with Crippen LogP contribution in [-0.2, 0) is 11.2 Å². The molecule has 2 rings (SSSR count). The number of thioether (sulfide) groups is 1. The van der Waals surface area contributed by atoms with E-state index in [1.807, 2.05) is 31.2 Å². The molecule has 0 aliphatic carbocycles.